The number of furan rings is 1. The molecule has 0 aliphatic heterocycles. The van der Waals surface area contributed by atoms with Crippen LogP contribution in [0.3, 0.4) is 0 Å². The number of rotatable bonds is 3. The fourth-order valence-electron chi connectivity index (χ4n) is 2.18. The summed E-state index contributed by atoms with van der Waals surface area (Å²) >= 11 is 5.85. The zero-order valence-corrected chi connectivity index (χ0v) is 12.4. The molecule has 3 rings (SSSR count). The highest BCUT2D eigenvalue weighted by atomic mass is 35.5. The molecule has 1 aromatic heterocycles. The molecule has 23 heavy (non-hydrogen) atoms. The second-order valence-corrected chi connectivity index (χ2v) is 5.21. The van der Waals surface area contributed by atoms with Crippen molar-refractivity contribution >= 4 is 40.1 Å². The molecular formula is C16H10ClFN2O3. The van der Waals surface area contributed by atoms with E-state index in [9.17, 15) is 14.0 Å². The van der Waals surface area contributed by atoms with Crippen molar-refractivity contribution in [3.05, 3.63) is 64.6 Å². The third kappa shape index (κ3) is 2.89. The molecule has 7 heteroatoms. The van der Waals surface area contributed by atoms with Crippen LogP contribution in [0.2, 0.25) is 5.02 Å². The highest BCUT2D eigenvalue weighted by molar-refractivity contribution is 6.31. The molecule has 0 spiro atoms. The predicted molar refractivity (Wildman–Crippen MR) is 84.1 cm³/mol. The van der Waals surface area contributed by atoms with Crippen LogP contribution in [-0.4, -0.2) is 11.8 Å². The van der Waals surface area contributed by atoms with E-state index in [4.69, 9.17) is 21.8 Å². The van der Waals surface area contributed by atoms with Gasteiger partial charge in [0, 0.05) is 16.0 Å². The Morgan fingerprint density at radius 2 is 1.96 bits per heavy atom. The lowest BCUT2D eigenvalue weighted by Crippen LogP contribution is -2.17. The number of nitrogens with one attached hydrogen (secondary N) is 1. The molecule has 0 unspecified atom stereocenters. The third-order valence-electron chi connectivity index (χ3n) is 3.20. The van der Waals surface area contributed by atoms with Gasteiger partial charge in [0.2, 0.25) is 5.76 Å². The van der Waals surface area contributed by atoms with Crippen molar-refractivity contribution in [2.24, 2.45) is 5.73 Å². The van der Waals surface area contributed by atoms with Gasteiger partial charge in [-0.15, -0.1) is 0 Å². The number of primary amides is 1. The van der Waals surface area contributed by atoms with Gasteiger partial charge in [-0.2, -0.15) is 0 Å². The Hall–Kier alpha value is -2.86. The van der Waals surface area contributed by atoms with Crippen LogP contribution in [0.1, 0.15) is 20.9 Å². The van der Waals surface area contributed by atoms with Crippen LogP contribution in [0.15, 0.2) is 46.9 Å². The van der Waals surface area contributed by atoms with Crippen LogP contribution in [0.5, 0.6) is 0 Å². The summed E-state index contributed by atoms with van der Waals surface area (Å²) in [7, 11) is 0. The van der Waals surface area contributed by atoms with E-state index < -0.39 is 17.6 Å². The maximum atomic E-state index is 13.5. The van der Waals surface area contributed by atoms with E-state index >= 15 is 0 Å². The van der Waals surface area contributed by atoms with Crippen molar-refractivity contribution < 1.29 is 18.4 Å². The summed E-state index contributed by atoms with van der Waals surface area (Å²) in [6, 6.07) is 9.93. The van der Waals surface area contributed by atoms with Crippen LogP contribution in [0, 0.1) is 5.82 Å². The fourth-order valence-corrected chi connectivity index (χ4v) is 2.37. The minimum atomic E-state index is -0.872. The number of hydrogen-bond acceptors (Lipinski definition) is 3. The molecule has 0 radical (unpaired) electrons. The molecule has 2 amide bonds. The molecule has 116 valence electrons. The zero-order valence-electron chi connectivity index (χ0n) is 11.6. The molecule has 0 atom stereocenters. The van der Waals surface area contributed by atoms with Gasteiger partial charge in [-0.1, -0.05) is 17.7 Å². The summed E-state index contributed by atoms with van der Waals surface area (Å²) in [6.45, 7) is 0. The molecule has 0 bridgehead atoms. The first-order valence-electron chi connectivity index (χ1n) is 6.54. The number of halogens is 2. The lowest BCUT2D eigenvalue weighted by molar-refractivity contribution is 0.0977. The van der Waals surface area contributed by atoms with Gasteiger partial charge in [-0.3, -0.25) is 9.59 Å². The molecule has 0 fully saturated rings. The van der Waals surface area contributed by atoms with E-state index in [1.807, 2.05) is 0 Å². The molecule has 3 N–H and O–H groups in total. The number of carbonyl (C=O) groups is 2. The lowest BCUT2D eigenvalue weighted by atomic mass is 10.1. The van der Waals surface area contributed by atoms with Crippen LogP contribution >= 0.6 is 11.6 Å². The van der Waals surface area contributed by atoms with Gasteiger partial charge in [0.15, 0.2) is 0 Å². The number of benzene rings is 2. The summed E-state index contributed by atoms with van der Waals surface area (Å²) in [5.41, 5.74) is 5.80. The van der Waals surface area contributed by atoms with E-state index in [0.29, 0.717) is 5.02 Å². The first-order valence-corrected chi connectivity index (χ1v) is 6.92. The smallest absolute Gasteiger partial charge is 0.286 e. The number of amides is 2. The molecule has 5 nitrogen and oxygen atoms in total. The van der Waals surface area contributed by atoms with Gasteiger partial charge in [0.1, 0.15) is 17.1 Å². The number of carbonyl (C=O) groups excluding carboxylic acids is 2. The average molecular weight is 333 g/mol. The Bertz CT molecular complexity index is 936. The van der Waals surface area contributed by atoms with Gasteiger partial charge >= 0.3 is 0 Å². The maximum absolute atomic E-state index is 13.5. The third-order valence-corrected chi connectivity index (χ3v) is 3.43. The van der Waals surface area contributed by atoms with Gasteiger partial charge < -0.3 is 15.5 Å². The Labute approximate surface area is 134 Å². The Morgan fingerprint density at radius 3 is 2.65 bits per heavy atom. The molecule has 0 saturated heterocycles. The molecule has 0 aliphatic rings. The summed E-state index contributed by atoms with van der Waals surface area (Å²) < 4.78 is 18.7. The fraction of sp³-hybridized carbons (Fsp3) is 0. The molecule has 3 aromatic rings. The van der Waals surface area contributed by atoms with E-state index in [0.717, 1.165) is 6.07 Å². The van der Waals surface area contributed by atoms with Crippen molar-refractivity contribution in [3.63, 3.8) is 0 Å². The van der Waals surface area contributed by atoms with E-state index in [2.05, 4.69) is 5.32 Å². The highest BCUT2D eigenvalue weighted by Gasteiger charge is 2.21. The lowest BCUT2D eigenvalue weighted by Gasteiger charge is -2.05. The van der Waals surface area contributed by atoms with E-state index in [-0.39, 0.29) is 28.0 Å². The van der Waals surface area contributed by atoms with E-state index in [1.54, 1.807) is 18.2 Å². The van der Waals surface area contributed by atoms with Crippen LogP contribution in [0.4, 0.5) is 10.1 Å². The first kappa shape index (κ1) is 15.1. The van der Waals surface area contributed by atoms with Gasteiger partial charge in [0.25, 0.3) is 11.8 Å². The zero-order chi connectivity index (χ0) is 16.6. The molecule has 0 aliphatic carbocycles. The normalized spacial score (nSPS) is 10.7. The van der Waals surface area contributed by atoms with Crippen molar-refractivity contribution in [2.45, 2.75) is 0 Å². The minimum Gasteiger partial charge on any atom is -0.449 e. The van der Waals surface area contributed by atoms with Crippen molar-refractivity contribution in [3.8, 4) is 0 Å². The largest absolute Gasteiger partial charge is 0.449 e. The Morgan fingerprint density at radius 1 is 1.17 bits per heavy atom. The Kier molecular flexibility index (Phi) is 3.75. The standard InChI is InChI=1S/C16H10ClFN2O3/c17-9-3-1-2-8(6-9)16(22)20-13-11-7-10(18)4-5-12(11)23-14(13)15(19)21/h1-7H,(H2,19,21)(H,20,22). The molecule has 2 aromatic carbocycles. The minimum absolute atomic E-state index is 0.0250. The van der Waals surface area contributed by atoms with Crippen LogP contribution in [0.25, 0.3) is 11.0 Å². The Balaban J connectivity index is 2.07. The van der Waals surface area contributed by atoms with Crippen LogP contribution < -0.4 is 11.1 Å². The second-order valence-electron chi connectivity index (χ2n) is 4.78. The number of fused-ring (bicyclic) bond motifs is 1. The second kappa shape index (κ2) is 5.73. The van der Waals surface area contributed by atoms with Crippen LogP contribution in [-0.2, 0) is 0 Å². The SMILES string of the molecule is NC(=O)c1oc2ccc(F)cc2c1NC(=O)c1cccc(Cl)c1. The monoisotopic (exact) mass is 332 g/mol. The predicted octanol–water partition coefficient (Wildman–Crippen LogP) is 3.58. The molecule has 0 saturated carbocycles. The average Bonchev–Trinajstić information content (AvgIpc) is 2.85. The molecule has 1 heterocycles. The number of anilines is 1. The van der Waals surface area contributed by atoms with Gasteiger partial charge in [0.05, 0.1) is 0 Å². The highest BCUT2D eigenvalue weighted by Crippen LogP contribution is 2.31. The van der Waals surface area contributed by atoms with Crippen molar-refractivity contribution in [2.75, 3.05) is 5.32 Å². The van der Waals surface area contributed by atoms with Crippen molar-refractivity contribution in [1.82, 2.24) is 0 Å². The van der Waals surface area contributed by atoms with Gasteiger partial charge in [-0.05, 0) is 36.4 Å². The molecular weight excluding hydrogens is 323 g/mol. The number of hydrogen-bond donors (Lipinski definition) is 2. The van der Waals surface area contributed by atoms with E-state index in [1.165, 1.54) is 18.2 Å². The first-order chi connectivity index (χ1) is 11.0. The summed E-state index contributed by atoms with van der Waals surface area (Å²) in [5, 5.41) is 3.16. The number of nitrogens with two attached hydrogens (primary N) is 1. The summed E-state index contributed by atoms with van der Waals surface area (Å²) in [5.74, 6) is -2.18. The van der Waals surface area contributed by atoms with Crippen molar-refractivity contribution in [1.29, 1.82) is 0 Å². The maximum Gasteiger partial charge on any atom is 0.286 e. The van der Waals surface area contributed by atoms with Gasteiger partial charge in [-0.25, -0.2) is 4.39 Å². The topological polar surface area (TPSA) is 85.3 Å². The summed E-state index contributed by atoms with van der Waals surface area (Å²) in [4.78, 5) is 23.8. The summed E-state index contributed by atoms with van der Waals surface area (Å²) in [6.07, 6.45) is 0. The quantitative estimate of drug-likeness (QED) is 0.768.